The van der Waals surface area contributed by atoms with Gasteiger partial charge in [-0.05, 0) is 71.2 Å². The summed E-state index contributed by atoms with van der Waals surface area (Å²) in [6.45, 7) is 3.99. The minimum atomic E-state index is -0.153. The molecule has 3 nitrogen and oxygen atoms in total. The van der Waals surface area contributed by atoms with Crippen molar-refractivity contribution >= 4 is 43.5 Å². The van der Waals surface area contributed by atoms with Gasteiger partial charge < -0.3 is 10.1 Å². The van der Waals surface area contributed by atoms with Crippen LogP contribution in [0.15, 0.2) is 39.3 Å². The molecule has 1 amide bonds. The van der Waals surface area contributed by atoms with Gasteiger partial charge in [0.1, 0.15) is 5.75 Å². The third-order valence-electron chi connectivity index (χ3n) is 3.11. The number of methoxy groups -OCH3 is 1. The van der Waals surface area contributed by atoms with E-state index < -0.39 is 0 Å². The highest BCUT2D eigenvalue weighted by atomic mass is 79.9. The molecule has 0 aliphatic heterocycles. The number of rotatable bonds is 3. The zero-order valence-electron chi connectivity index (χ0n) is 12.0. The molecule has 0 fully saturated rings. The van der Waals surface area contributed by atoms with Crippen LogP contribution in [0, 0.1) is 13.8 Å². The topological polar surface area (TPSA) is 38.3 Å². The van der Waals surface area contributed by atoms with Crippen molar-refractivity contribution in [2.75, 3.05) is 12.4 Å². The number of carbonyl (C=O) groups excluding carboxylic acids is 1. The Kier molecular flexibility index (Phi) is 5.06. The molecule has 0 aliphatic carbocycles. The van der Waals surface area contributed by atoms with E-state index in [1.165, 1.54) is 0 Å². The van der Waals surface area contributed by atoms with Crippen molar-refractivity contribution in [3.05, 3.63) is 56.0 Å². The van der Waals surface area contributed by atoms with Crippen LogP contribution in [0.3, 0.4) is 0 Å². The molecule has 0 unspecified atom stereocenters. The summed E-state index contributed by atoms with van der Waals surface area (Å²) in [5.74, 6) is 0.543. The molecule has 0 bridgehead atoms. The van der Waals surface area contributed by atoms with Gasteiger partial charge in [0.2, 0.25) is 0 Å². The molecule has 0 spiro atoms. The molecule has 0 atom stereocenters. The smallest absolute Gasteiger partial charge is 0.255 e. The first-order valence-corrected chi connectivity index (χ1v) is 7.92. The van der Waals surface area contributed by atoms with Crippen LogP contribution < -0.4 is 10.1 Å². The average Bonchev–Trinajstić information content (AvgIpc) is 2.44. The van der Waals surface area contributed by atoms with E-state index in [1.54, 1.807) is 25.3 Å². The fourth-order valence-electron chi connectivity index (χ4n) is 2.03. The van der Waals surface area contributed by atoms with E-state index in [0.717, 1.165) is 25.8 Å². The Morgan fingerprint density at radius 1 is 1.10 bits per heavy atom. The van der Waals surface area contributed by atoms with Crippen LogP contribution in [-0.2, 0) is 0 Å². The molecule has 0 aromatic heterocycles. The number of hydrogen-bond donors (Lipinski definition) is 1. The van der Waals surface area contributed by atoms with Crippen molar-refractivity contribution in [2.45, 2.75) is 13.8 Å². The molecular formula is C16H15Br2NO2. The summed E-state index contributed by atoms with van der Waals surface area (Å²) in [5.41, 5.74) is 3.52. The lowest BCUT2D eigenvalue weighted by molar-refractivity contribution is 0.102. The second-order valence-corrected chi connectivity index (χ2v) is 6.37. The van der Waals surface area contributed by atoms with Crippen molar-refractivity contribution in [3.8, 4) is 5.75 Å². The lowest BCUT2D eigenvalue weighted by atomic mass is 10.1. The van der Waals surface area contributed by atoms with Crippen LogP contribution in [0.5, 0.6) is 5.75 Å². The normalized spacial score (nSPS) is 10.3. The predicted molar refractivity (Wildman–Crippen MR) is 92.3 cm³/mol. The number of nitrogens with one attached hydrogen (secondary N) is 1. The quantitative estimate of drug-likeness (QED) is 0.762. The highest BCUT2D eigenvalue weighted by Crippen LogP contribution is 2.27. The number of carbonyl (C=O) groups is 1. The molecule has 0 radical (unpaired) electrons. The zero-order chi connectivity index (χ0) is 15.6. The predicted octanol–water partition coefficient (Wildman–Crippen LogP) is 5.09. The van der Waals surface area contributed by atoms with Crippen molar-refractivity contribution in [1.29, 1.82) is 0 Å². The maximum absolute atomic E-state index is 12.3. The van der Waals surface area contributed by atoms with Crippen LogP contribution in [0.25, 0.3) is 0 Å². The number of halogens is 2. The molecule has 2 aromatic rings. The van der Waals surface area contributed by atoms with Crippen molar-refractivity contribution < 1.29 is 9.53 Å². The lowest BCUT2D eigenvalue weighted by Crippen LogP contribution is -2.12. The SMILES string of the molecule is COc1ccc(C(=O)Nc2cc(C)c(Br)c(C)c2)cc1Br. The monoisotopic (exact) mass is 411 g/mol. The Morgan fingerprint density at radius 2 is 1.71 bits per heavy atom. The van der Waals surface area contributed by atoms with Gasteiger partial charge in [0, 0.05) is 15.7 Å². The Labute approximate surface area is 141 Å². The summed E-state index contributed by atoms with van der Waals surface area (Å²) in [6.07, 6.45) is 0. The van der Waals surface area contributed by atoms with Gasteiger partial charge in [-0.15, -0.1) is 0 Å². The van der Waals surface area contributed by atoms with Gasteiger partial charge >= 0.3 is 0 Å². The lowest BCUT2D eigenvalue weighted by Gasteiger charge is -2.10. The molecule has 0 saturated heterocycles. The van der Waals surface area contributed by atoms with E-state index in [-0.39, 0.29) is 5.91 Å². The number of amides is 1. The van der Waals surface area contributed by atoms with E-state index in [1.807, 2.05) is 26.0 Å². The standard InChI is InChI=1S/C16H15Br2NO2/c1-9-6-12(7-10(2)15(9)18)19-16(20)11-4-5-14(21-3)13(17)8-11/h4-8H,1-3H3,(H,19,20). The molecular weight excluding hydrogens is 398 g/mol. The largest absolute Gasteiger partial charge is 0.496 e. The van der Waals surface area contributed by atoms with Gasteiger partial charge in [-0.3, -0.25) is 4.79 Å². The van der Waals surface area contributed by atoms with Crippen molar-refractivity contribution in [2.24, 2.45) is 0 Å². The van der Waals surface area contributed by atoms with Gasteiger partial charge in [-0.25, -0.2) is 0 Å². The van der Waals surface area contributed by atoms with E-state index in [9.17, 15) is 4.79 Å². The molecule has 2 aromatic carbocycles. The summed E-state index contributed by atoms with van der Waals surface area (Å²) in [6, 6.07) is 9.11. The maximum Gasteiger partial charge on any atom is 0.255 e. The van der Waals surface area contributed by atoms with Gasteiger partial charge in [-0.2, -0.15) is 0 Å². The molecule has 5 heteroatoms. The summed E-state index contributed by atoms with van der Waals surface area (Å²) in [4.78, 5) is 12.3. The van der Waals surface area contributed by atoms with E-state index in [0.29, 0.717) is 11.3 Å². The summed E-state index contributed by atoms with van der Waals surface area (Å²) in [5, 5.41) is 2.91. The van der Waals surface area contributed by atoms with E-state index >= 15 is 0 Å². The molecule has 0 saturated carbocycles. The number of hydrogen-bond acceptors (Lipinski definition) is 2. The Morgan fingerprint density at radius 3 is 2.24 bits per heavy atom. The molecule has 1 N–H and O–H groups in total. The molecule has 2 rings (SSSR count). The first-order chi connectivity index (χ1) is 9.92. The average molecular weight is 413 g/mol. The van der Waals surface area contributed by atoms with Gasteiger partial charge in [0.15, 0.2) is 0 Å². The third-order valence-corrected chi connectivity index (χ3v) is 4.98. The number of anilines is 1. The van der Waals surface area contributed by atoms with Crippen LogP contribution in [0.4, 0.5) is 5.69 Å². The molecule has 0 heterocycles. The number of benzene rings is 2. The Balaban J connectivity index is 2.24. The molecule has 0 aliphatic rings. The maximum atomic E-state index is 12.3. The molecule has 110 valence electrons. The van der Waals surface area contributed by atoms with Gasteiger partial charge in [0.25, 0.3) is 5.91 Å². The highest BCUT2D eigenvalue weighted by Gasteiger charge is 2.10. The number of ether oxygens (including phenoxy) is 1. The number of aryl methyl sites for hydroxylation is 2. The van der Waals surface area contributed by atoms with E-state index in [4.69, 9.17) is 4.74 Å². The first kappa shape index (κ1) is 16.0. The summed E-state index contributed by atoms with van der Waals surface area (Å²) >= 11 is 6.90. The van der Waals surface area contributed by atoms with Gasteiger partial charge in [-0.1, -0.05) is 15.9 Å². The van der Waals surface area contributed by atoms with Crippen LogP contribution in [-0.4, -0.2) is 13.0 Å². The fourth-order valence-corrected chi connectivity index (χ4v) is 2.80. The third kappa shape index (κ3) is 3.66. The summed E-state index contributed by atoms with van der Waals surface area (Å²) in [7, 11) is 1.59. The van der Waals surface area contributed by atoms with Crippen molar-refractivity contribution in [1.82, 2.24) is 0 Å². The second-order valence-electron chi connectivity index (χ2n) is 4.73. The summed E-state index contributed by atoms with van der Waals surface area (Å²) < 4.78 is 6.97. The highest BCUT2D eigenvalue weighted by molar-refractivity contribution is 9.10. The van der Waals surface area contributed by atoms with Crippen molar-refractivity contribution in [3.63, 3.8) is 0 Å². The Hall–Kier alpha value is -1.33. The minimum absolute atomic E-state index is 0.153. The Bertz CT molecular complexity index is 676. The fraction of sp³-hybridized carbons (Fsp3) is 0.188. The van der Waals surface area contributed by atoms with Crippen LogP contribution in [0.2, 0.25) is 0 Å². The first-order valence-electron chi connectivity index (χ1n) is 6.34. The van der Waals surface area contributed by atoms with Crippen LogP contribution >= 0.6 is 31.9 Å². The molecule has 21 heavy (non-hydrogen) atoms. The minimum Gasteiger partial charge on any atom is -0.496 e. The van der Waals surface area contributed by atoms with Gasteiger partial charge in [0.05, 0.1) is 11.6 Å². The van der Waals surface area contributed by atoms with E-state index in [2.05, 4.69) is 37.2 Å². The second kappa shape index (κ2) is 6.62. The zero-order valence-corrected chi connectivity index (χ0v) is 15.1. The van der Waals surface area contributed by atoms with Crippen LogP contribution in [0.1, 0.15) is 21.5 Å².